The molecule has 1 unspecified atom stereocenters. The fourth-order valence-electron chi connectivity index (χ4n) is 5.75. The summed E-state index contributed by atoms with van der Waals surface area (Å²) < 4.78 is 43.0. The number of primary amides is 1. The van der Waals surface area contributed by atoms with E-state index in [9.17, 15) is 18.4 Å². The second-order valence-electron chi connectivity index (χ2n) is 12.3. The van der Waals surface area contributed by atoms with Crippen LogP contribution >= 0.6 is 23.2 Å². The molecule has 14 heteroatoms. The van der Waals surface area contributed by atoms with Gasteiger partial charge in [-0.2, -0.15) is 0 Å². The third kappa shape index (κ3) is 5.47. The number of carbonyl (C=O) groups is 2. The lowest BCUT2D eigenvalue weighted by Crippen LogP contribution is -2.40. The topological polar surface area (TPSA) is 151 Å². The van der Waals surface area contributed by atoms with Gasteiger partial charge in [0.1, 0.15) is 23.5 Å². The number of amides is 2. The molecule has 0 bridgehead atoms. The number of nitrogen functional groups attached to an aromatic ring is 1. The number of pyridine rings is 1. The van der Waals surface area contributed by atoms with E-state index in [1.807, 2.05) is 0 Å². The van der Waals surface area contributed by atoms with Crippen LogP contribution in [0.3, 0.4) is 0 Å². The summed E-state index contributed by atoms with van der Waals surface area (Å²) in [6.45, 7) is 1.82. The number of aliphatic imine (C=N–C) groups is 1. The van der Waals surface area contributed by atoms with Crippen LogP contribution in [0, 0.1) is 5.92 Å². The molecule has 2 fully saturated rings. The zero-order chi connectivity index (χ0) is 32.5. The molecule has 240 valence electrons. The molecule has 10 nitrogen and oxygen atoms in total. The lowest BCUT2D eigenvalue weighted by molar-refractivity contribution is -0.286. The number of hydrogen-bond donors (Lipinski definition) is 3. The van der Waals surface area contributed by atoms with Crippen LogP contribution in [0.25, 0.3) is 11.3 Å². The number of fused-ring (bicyclic) bond motifs is 2. The molecule has 1 aromatic heterocycles. The number of rotatable bonds is 9. The highest BCUT2D eigenvalue weighted by atomic mass is 35.5. The molecular weight excluding hydrogens is 643 g/mol. The summed E-state index contributed by atoms with van der Waals surface area (Å²) >= 11 is 13.0. The van der Waals surface area contributed by atoms with Gasteiger partial charge in [-0.15, -0.1) is 8.78 Å². The third-order valence-corrected chi connectivity index (χ3v) is 9.54. The van der Waals surface area contributed by atoms with E-state index in [2.05, 4.69) is 19.8 Å². The average Bonchev–Trinajstić information content (AvgIpc) is 3.94. The van der Waals surface area contributed by atoms with Crippen LogP contribution in [-0.2, 0) is 10.2 Å². The quantitative estimate of drug-likeness (QED) is 0.198. The van der Waals surface area contributed by atoms with Crippen molar-refractivity contribution >= 4 is 46.9 Å². The van der Waals surface area contributed by atoms with Gasteiger partial charge in [0, 0.05) is 46.6 Å². The average molecular weight is 673 g/mol. The van der Waals surface area contributed by atoms with Crippen molar-refractivity contribution in [1.82, 2.24) is 10.3 Å². The number of benzene rings is 2. The maximum atomic E-state index is 13.9. The maximum Gasteiger partial charge on any atom is 0.586 e. The summed E-state index contributed by atoms with van der Waals surface area (Å²) in [7, 11) is 0. The molecule has 0 saturated heterocycles. The monoisotopic (exact) mass is 671 g/mol. The molecule has 3 aromatic rings. The Hall–Kier alpha value is -4.16. The number of carbonyl (C=O) groups excluding carboxylic acids is 2. The molecule has 2 aromatic carbocycles. The number of anilines is 1. The van der Waals surface area contributed by atoms with E-state index >= 15 is 0 Å². The van der Waals surface area contributed by atoms with Gasteiger partial charge >= 0.3 is 6.29 Å². The van der Waals surface area contributed by atoms with Gasteiger partial charge in [-0.1, -0.05) is 23.2 Å². The minimum absolute atomic E-state index is 0.0504. The van der Waals surface area contributed by atoms with Crippen LogP contribution in [-0.4, -0.2) is 48.5 Å². The zero-order valence-electron chi connectivity index (χ0n) is 24.5. The molecule has 7 rings (SSSR count). The number of nitrogens with zero attached hydrogens (tertiary/aromatic N) is 2. The van der Waals surface area contributed by atoms with E-state index in [1.165, 1.54) is 18.2 Å². The molecule has 0 spiro atoms. The normalized spacial score (nSPS) is 21.6. The number of hydrogen-bond acceptors (Lipinski definition) is 8. The van der Waals surface area contributed by atoms with Gasteiger partial charge in [0.25, 0.3) is 5.91 Å². The van der Waals surface area contributed by atoms with E-state index in [4.69, 9.17) is 44.4 Å². The van der Waals surface area contributed by atoms with Crippen molar-refractivity contribution < 1.29 is 32.6 Å². The number of alkyl halides is 2. The molecule has 2 atom stereocenters. The molecule has 46 heavy (non-hydrogen) atoms. The lowest BCUT2D eigenvalue weighted by atomic mass is 9.82. The van der Waals surface area contributed by atoms with Crippen molar-refractivity contribution in [2.45, 2.75) is 56.3 Å². The second-order valence-corrected chi connectivity index (χ2v) is 13.1. The summed E-state index contributed by atoms with van der Waals surface area (Å²) in [4.78, 5) is 35.5. The highest BCUT2D eigenvalue weighted by molar-refractivity contribution is 6.35. The van der Waals surface area contributed by atoms with Crippen LogP contribution in [0.1, 0.15) is 65.7 Å². The Bertz CT molecular complexity index is 1830. The largest absolute Gasteiger partial charge is 0.586 e. The SMILES string of the molecule is C[C@]1(C(N)=O)COc2c1cc(C(CNC(=O)c1cc(Cl)c(N)c(C=NC3CC3)c1)C1CC1)nc2-c1ccc2c(c1Cl)OC(F)(F)O2. The minimum atomic E-state index is -3.88. The first-order chi connectivity index (χ1) is 21.8. The smallest absolute Gasteiger partial charge is 0.489 e. The van der Waals surface area contributed by atoms with Gasteiger partial charge in [0.15, 0.2) is 11.5 Å². The zero-order valence-corrected chi connectivity index (χ0v) is 26.1. The van der Waals surface area contributed by atoms with Gasteiger partial charge in [0.05, 0.1) is 21.8 Å². The minimum Gasteiger partial charge on any atom is -0.489 e. The molecule has 4 aliphatic rings. The molecule has 5 N–H and O–H groups in total. The maximum absolute atomic E-state index is 13.9. The number of nitrogens with one attached hydrogen (secondary N) is 1. The Morgan fingerprint density at radius 1 is 1.15 bits per heavy atom. The summed E-state index contributed by atoms with van der Waals surface area (Å²) in [6, 6.07) is 7.99. The third-order valence-electron chi connectivity index (χ3n) is 8.85. The Morgan fingerprint density at radius 2 is 1.91 bits per heavy atom. The van der Waals surface area contributed by atoms with Crippen LogP contribution in [0.4, 0.5) is 14.5 Å². The van der Waals surface area contributed by atoms with Crippen LogP contribution in [0.15, 0.2) is 35.3 Å². The summed E-state index contributed by atoms with van der Waals surface area (Å²) in [5.74, 6) is -1.37. The lowest BCUT2D eigenvalue weighted by Gasteiger charge is -2.22. The van der Waals surface area contributed by atoms with E-state index in [0.29, 0.717) is 28.1 Å². The first-order valence-corrected chi connectivity index (χ1v) is 15.6. The van der Waals surface area contributed by atoms with Crippen molar-refractivity contribution in [2.24, 2.45) is 16.6 Å². The van der Waals surface area contributed by atoms with Crippen molar-refractivity contribution in [1.29, 1.82) is 0 Å². The van der Waals surface area contributed by atoms with Crippen LogP contribution < -0.4 is 31.0 Å². The van der Waals surface area contributed by atoms with Crippen molar-refractivity contribution in [2.75, 3.05) is 18.9 Å². The van der Waals surface area contributed by atoms with Crippen LogP contribution in [0.2, 0.25) is 10.0 Å². The van der Waals surface area contributed by atoms with E-state index in [0.717, 1.165) is 25.7 Å². The van der Waals surface area contributed by atoms with Crippen molar-refractivity contribution in [3.8, 4) is 28.5 Å². The Kier molecular flexibility index (Phi) is 7.28. The van der Waals surface area contributed by atoms with Crippen LogP contribution in [0.5, 0.6) is 17.2 Å². The Labute approximate surface area is 272 Å². The summed E-state index contributed by atoms with van der Waals surface area (Å²) in [6.07, 6.45) is 1.61. The van der Waals surface area contributed by atoms with Gasteiger partial charge < -0.3 is 31.0 Å². The van der Waals surface area contributed by atoms with Crippen molar-refractivity contribution in [3.63, 3.8) is 0 Å². The van der Waals surface area contributed by atoms with E-state index in [1.54, 1.807) is 25.3 Å². The molecule has 2 aliphatic carbocycles. The predicted molar refractivity (Wildman–Crippen MR) is 167 cm³/mol. The highest BCUT2D eigenvalue weighted by Gasteiger charge is 2.47. The van der Waals surface area contributed by atoms with E-state index < -0.39 is 17.6 Å². The fraction of sp³-hybridized carbons (Fsp3) is 0.375. The molecular formula is C32H29Cl2F2N5O5. The van der Waals surface area contributed by atoms with Gasteiger partial charge in [-0.25, -0.2) is 4.98 Å². The Morgan fingerprint density at radius 3 is 2.61 bits per heavy atom. The van der Waals surface area contributed by atoms with Gasteiger partial charge in [-0.05, 0) is 68.9 Å². The number of aromatic nitrogens is 1. The second kappa shape index (κ2) is 11.0. The Balaban J connectivity index is 1.24. The first kappa shape index (κ1) is 30.5. The molecule has 3 heterocycles. The molecule has 2 aliphatic heterocycles. The molecule has 2 saturated carbocycles. The molecule has 2 amide bonds. The first-order valence-electron chi connectivity index (χ1n) is 14.8. The summed E-state index contributed by atoms with van der Waals surface area (Å²) in [5.41, 5.74) is 13.5. The number of nitrogens with two attached hydrogens (primary N) is 2. The number of halogens is 4. The predicted octanol–water partition coefficient (Wildman–Crippen LogP) is 5.60. The number of ether oxygens (including phenoxy) is 3. The van der Waals surface area contributed by atoms with Gasteiger partial charge in [-0.3, -0.25) is 14.6 Å². The highest BCUT2D eigenvalue weighted by Crippen LogP contribution is 2.53. The fourth-order valence-corrected chi connectivity index (χ4v) is 6.26. The van der Waals surface area contributed by atoms with Crippen molar-refractivity contribution in [3.05, 3.63) is 62.8 Å². The molecule has 0 radical (unpaired) electrons. The van der Waals surface area contributed by atoms with E-state index in [-0.39, 0.29) is 75.5 Å². The summed E-state index contributed by atoms with van der Waals surface area (Å²) in [5, 5.41) is 3.09. The standard InChI is InChI=1S/C32H29Cl2F2N5O5/c1-31(30(38)43)13-44-27-20(31)10-22(41-26(27)18-6-7-23-28(24(18)34)46-32(35,36)45-23)19(14-2-3-14)12-40-29(42)15-8-16(11-39-17-4-5-17)25(37)21(33)9-15/h6-11,14,17,19H,2-5,12-13,37H2,1H3,(H2,38,43)(H,40,42)/t19?,31-/m0/s1. The van der Waals surface area contributed by atoms with Gasteiger partial charge in [0.2, 0.25) is 5.91 Å².